The molecular formula is C15H28N2O3. The first-order valence-electron chi connectivity index (χ1n) is 7.42. The SMILES string of the molecule is CCC1C(=O)NC(C(C)(C)C)C(=O)N1CCCCOC. The summed E-state index contributed by atoms with van der Waals surface area (Å²) in [6.45, 7) is 9.19. The van der Waals surface area contributed by atoms with Crippen LogP contribution in [0.5, 0.6) is 0 Å². The van der Waals surface area contributed by atoms with E-state index in [1.165, 1.54) is 0 Å². The molecule has 0 aliphatic carbocycles. The first kappa shape index (κ1) is 17.0. The molecule has 5 heteroatoms. The zero-order valence-electron chi connectivity index (χ0n) is 13.4. The molecule has 1 heterocycles. The maximum absolute atomic E-state index is 12.6. The molecule has 0 aromatic rings. The molecule has 1 rings (SSSR count). The van der Waals surface area contributed by atoms with Crippen molar-refractivity contribution in [3.05, 3.63) is 0 Å². The van der Waals surface area contributed by atoms with E-state index in [9.17, 15) is 9.59 Å². The Morgan fingerprint density at radius 3 is 2.40 bits per heavy atom. The van der Waals surface area contributed by atoms with Crippen LogP contribution >= 0.6 is 0 Å². The minimum Gasteiger partial charge on any atom is -0.385 e. The summed E-state index contributed by atoms with van der Waals surface area (Å²) in [6.07, 6.45) is 2.41. The fourth-order valence-electron chi connectivity index (χ4n) is 2.55. The second-order valence-corrected chi connectivity index (χ2v) is 6.46. The van der Waals surface area contributed by atoms with Crippen molar-refractivity contribution in [1.29, 1.82) is 0 Å². The summed E-state index contributed by atoms with van der Waals surface area (Å²) in [5.74, 6) is 0.0140. The van der Waals surface area contributed by atoms with E-state index in [-0.39, 0.29) is 23.3 Å². The largest absolute Gasteiger partial charge is 0.385 e. The summed E-state index contributed by atoms with van der Waals surface area (Å²) in [5.41, 5.74) is -0.268. The van der Waals surface area contributed by atoms with Crippen molar-refractivity contribution in [3.63, 3.8) is 0 Å². The van der Waals surface area contributed by atoms with Gasteiger partial charge in [-0.15, -0.1) is 0 Å². The molecule has 20 heavy (non-hydrogen) atoms. The van der Waals surface area contributed by atoms with Gasteiger partial charge in [-0.2, -0.15) is 0 Å². The first-order valence-corrected chi connectivity index (χ1v) is 7.42. The third kappa shape index (κ3) is 3.95. The van der Waals surface area contributed by atoms with Gasteiger partial charge in [-0.1, -0.05) is 27.7 Å². The van der Waals surface area contributed by atoms with Gasteiger partial charge in [0.2, 0.25) is 11.8 Å². The van der Waals surface area contributed by atoms with Crippen LogP contribution in [0.1, 0.15) is 47.0 Å². The van der Waals surface area contributed by atoms with Crippen LogP contribution in [0.25, 0.3) is 0 Å². The Labute approximate surface area is 122 Å². The van der Waals surface area contributed by atoms with Crippen LogP contribution in [-0.4, -0.2) is 49.1 Å². The van der Waals surface area contributed by atoms with Gasteiger partial charge in [-0.05, 0) is 24.7 Å². The van der Waals surface area contributed by atoms with Gasteiger partial charge in [0.15, 0.2) is 0 Å². The fourth-order valence-corrected chi connectivity index (χ4v) is 2.55. The standard InChI is InChI=1S/C15H28N2O3/c1-6-11-13(18)16-12(15(2,3)4)14(19)17(11)9-7-8-10-20-5/h11-12H,6-10H2,1-5H3,(H,16,18). The monoisotopic (exact) mass is 284 g/mol. The zero-order chi connectivity index (χ0) is 15.3. The third-order valence-electron chi connectivity index (χ3n) is 3.75. The highest BCUT2D eigenvalue weighted by atomic mass is 16.5. The van der Waals surface area contributed by atoms with Gasteiger partial charge in [-0.25, -0.2) is 0 Å². The van der Waals surface area contributed by atoms with Crippen molar-refractivity contribution < 1.29 is 14.3 Å². The van der Waals surface area contributed by atoms with Crippen LogP contribution in [0, 0.1) is 5.41 Å². The Morgan fingerprint density at radius 2 is 1.90 bits per heavy atom. The van der Waals surface area contributed by atoms with Crippen LogP contribution in [-0.2, 0) is 14.3 Å². The van der Waals surface area contributed by atoms with Gasteiger partial charge in [0.1, 0.15) is 12.1 Å². The summed E-state index contributed by atoms with van der Waals surface area (Å²) >= 11 is 0. The summed E-state index contributed by atoms with van der Waals surface area (Å²) in [5, 5.41) is 2.88. The molecule has 2 amide bonds. The van der Waals surface area contributed by atoms with Crippen LogP contribution in [0.15, 0.2) is 0 Å². The normalized spacial score (nSPS) is 23.9. The minimum absolute atomic E-state index is 0.0289. The average Bonchev–Trinajstić information content (AvgIpc) is 2.36. The minimum atomic E-state index is -0.430. The number of amides is 2. The number of methoxy groups -OCH3 is 1. The lowest BCUT2D eigenvalue weighted by atomic mass is 9.83. The lowest BCUT2D eigenvalue weighted by Crippen LogP contribution is -2.66. The molecule has 1 saturated heterocycles. The van der Waals surface area contributed by atoms with Gasteiger partial charge < -0.3 is 15.0 Å². The zero-order valence-corrected chi connectivity index (χ0v) is 13.4. The molecule has 1 N–H and O–H groups in total. The number of piperazine rings is 1. The number of hydrogen-bond donors (Lipinski definition) is 1. The molecule has 0 aromatic carbocycles. The Bertz CT molecular complexity index is 350. The van der Waals surface area contributed by atoms with Gasteiger partial charge in [0, 0.05) is 20.3 Å². The summed E-state index contributed by atoms with van der Waals surface area (Å²) < 4.78 is 5.03. The molecule has 0 bridgehead atoms. The predicted molar refractivity (Wildman–Crippen MR) is 78.3 cm³/mol. The molecule has 0 aromatic heterocycles. The molecule has 5 nitrogen and oxygen atoms in total. The van der Waals surface area contributed by atoms with Crippen LogP contribution in [0.3, 0.4) is 0 Å². The van der Waals surface area contributed by atoms with Crippen molar-refractivity contribution in [2.45, 2.75) is 59.0 Å². The molecule has 0 radical (unpaired) electrons. The number of unbranched alkanes of at least 4 members (excludes halogenated alkanes) is 1. The molecule has 1 aliphatic rings. The van der Waals surface area contributed by atoms with Crippen molar-refractivity contribution in [3.8, 4) is 0 Å². The topological polar surface area (TPSA) is 58.6 Å². The van der Waals surface area contributed by atoms with Crippen molar-refractivity contribution in [2.75, 3.05) is 20.3 Å². The van der Waals surface area contributed by atoms with Crippen LogP contribution < -0.4 is 5.32 Å². The Kier molecular flexibility index (Phi) is 5.99. The smallest absolute Gasteiger partial charge is 0.246 e. The second kappa shape index (κ2) is 7.07. The molecule has 116 valence electrons. The lowest BCUT2D eigenvalue weighted by Gasteiger charge is -2.43. The highest BCUT2D eigenvalue weighted by Crippen LogP contribution is 2.26. The lowest BCUT2D eigenvalue weighted by molar-refractivity contribution is -0.152. The fraction of sp³-hybridized carbons (Fsp3) is 0.867. The number of carbonyl (C=O) groups is 2. The average molecular weight is 284 g/mol. The van der Waals surface area contributed by atoms with Crippen molar-refractivity contribution in [2.24, 2.45) is 5.41 Å². The summed E-state index contributed by atoms with van der Waals surface area (Å²) in [7, 11) is 1.67. The van der Waals surface area contributed by atoms with E-state index in [0.717, 1.165) is 12.8 Å². The van der Waals surface area contributed by atoms with Gasteiger partial charge in [0.25, 0.3) is 0 Å². The molecule has 2 atom stereocenters. The maximum atomic E-state index is 12.6. The Balaban J connectivity index is 2.78. The number of carbonyl (C=O) groups excluding carboxylic acids is 2. The number of hydrogen-bond acceptors (Lipinski definition) is 3. The van der Waals surface area contributed by atoms with E-state index in [2.05, 4.69) is 5.32 Å². The first-order chi connectivity index (χ1) is 9.32. The highest BCUT2D eigenvalue weighted by Gasteiger charge is 2.44. The van der Waals surface area contributed by atoms with E-state index < -0.39 is 6.04 Å². The number of ether oxygens (including phenoxy) is 1. The number of nitrogens with one attached hydrogen (secondary N) is 1. The van der Waals surface area contributed by atoms with Crippen molar-refractivity contribution >= 4 is 11.8 Å². The molecular weight excluding hydrogens is 256 g/mol. The third-order valence-corrected chi connectivity index (χ3v) is 3.75. The highest BCUT2D eigenvalue weighted by molar-refractivity contribution is 5.97. The van der Waals surface area contributed by atoms with Gasteiger partial charge in [-0.3, -0.25) is 9.59 Å². The summed E-state index contributed by atoms with van der Waals surface area (Å²) in [6, 6.07) is -0.760. The molecule has 1 fully saturated rings. The van der Waals surface area contributed by atoms with E-state index in [1.54, 1.807) is 12.0 Å². The predicted octanol–water partition coefficient (Wildman–Crippen LogP) is 1.56. The van der Waals surface area contributed by atoms with Gasteiger partial charge in [0.05, 0.1) is 0 Å². The molecule has 0 spiro atoms. The Hall–Kier alpha value is -1.10. The quantitative estimate of drug-likeness (QED) is 0.753. The van der Waals surface area contributed by atoms with E-state index in [0.29, 0.717) is 19.6 Å². The van der Waals surface area contributed by atoms with E-state index >= 15 is 0 Å². The van der Waals surface area contributed by atoms with Crippen LogP contribution in [0.2, 0.25) is 0 Å². The summed E-state index contributed by atoms with van der Waals surface area (Å²) in [4.78, 5) is 26.6. The number of nitrogens with zero attached hydrogens (tertiary/aromatic N) is 1. The second-order valence-electron chi connectivity index (χ2n) is 6.46. The number of rotatable bonds is 6. The molecule has 0 saturated carbocycles. The van der Waals surface area contributed by atoms with Crippen molar-refractivity contribution in [1.82, 2.24) is 10.2 Å². The van der Waals surface area contributed by atoms with E-state index in [1.807, 2.05) is 27.7 Å². The maximum Gasteiger partial charge on any atom is 0.246 e. The molecule has 2 unspecified atom stereocenters. The molecule has 1 aliphatic heterocycles. The van der Waals surface area contributed by atoms with E-state index in [4.69, 9.17) is 4.74 Å². The van der Waals surface area contributed by atoms with Gasteiger partial charge >= 0.3 is 0 Å². The Morgan fingerprint density at radius 1 is 1.25 bits per heavy atom. The van der Waals surface area contributed by atoms with Crippen LogP contribution in [0.4, 0.5) is 0 Å².